The van der Waals surface area contributed by atoms with Crippen molar-refractivity contribution in [3.8, 4) is 0 Å². The number of nitrogens with one attached hydrogen (secondary N) is 2. The normalized spacial score (nSPS) is 11.3. The SMILES string of the molecule is CN=C(NC)NCCSc1ccc(F)cc1. The van der Waals surface area contributed by atoms with E-state index >= 15 is 0 Å². The molecule has 0 heterocycles. The topological polar surface area (TPSA) is 36.4 Å². The summed E-state index contributed by atoms with van der Waals surface area (Å²) in [4.78, 5) is 5.07. The van der Waals surface area contributed by atoms with Crippen LogP contribution in [-0.4, -0.2) is 32.4 Å². The van der Waals surface area contributed by atoms with Crippen LogP contribution in [0.2, 0.25) is 0 Å². The van der Waals surface area contributed by atoms with Crippen LogP contribution in [0.5, 0.6) is 0 Å². The Hall–Kier alpha value is -1.23. The first kappa shape index (κ1) is 12.8. The van der Waals surface area contributed by atoms with E-state index in [0.717, 1.165) is 23.2 Å². The zero-order chi connectivity index (χ0) is 11.8. The Labute approximate surface area is 99.5 Å². The summed E-state index contributed by atoms with van der Waals surface area (Å²) in [5.74, 6) is 1.49. The second-order valence-corrected chi connectivity index (χ2v) is 4.22. The Kier molecular flexibility index (Phi) is 5.71. The smallest absolute Gasteiger partial charge is 0.190 e. The van der Waals surface area contributed by atoms with E-state index in [1.54, 1.807) is 30.9 Å². The molecule has 0 aliphatic carbocycles. The van der Waals surface area contributed by atoms with E-state index in [1.165, 1.54) is 12.1 Å². The Bertz CT molecular complexity index is 338. The van der Waals surface area contributed by atoms with Gasteiger partial charge in [-0.05, 0) is 24.3 Å². The highest BCUT2D eigenvalue weighted by Crippen LogP contribution is 2.16. The van der Waals surface area contributed by atoms with Gasteiger partial charge < -0.3 is 10.6 Å². The second kappa shape index (κ2) is 7.11. The van der Waals surface area contributed by atoms with Crippen molar-refractivity contribution in [3.05, 3.63) is 30.1 Å². The third kappa shape index (κ3) is 4.53. The lowest BCUT2D eigenvalue weighted by Gasteiger charge is -2.07. The minimum absolute atomic E-state index is 0.196. The predicted molar refractivity (Wildman–Crippen MR) is 67.5 cm³/mol. The van der Waals surface area contributed by atoms with Crippen molar-refractivity contribution in [1.82, 2.24) is 10.6 Å². The first-order valence-electron chi connectivity index (χ1n) is 5.03. The molecule has 0 fully saturated rings. The fourth-order valence-electron chi connectivity index (χ4n) is 1.15. The number of rotatable bonds is 4. The van der Waals surface area contributed by atoms with Crippen molar-refractivity contribution < 1.29 is 4.39 Å². The molecule has 0 spiro atoms. The maximum Gasteiger partial charge on any atom is 0.190 e. The minimum atomic E-state index is -0.196. The number of hydrogen-bond acceptors (Lipinski definition) is 2. The fraction of sp³-hybridized carbons (Fsp3) is 0.364. The zero-order valence-corrected chi connectivity index (χ0v) is 10.3. The maximum absolute atomic E-state index is 12.6. The number of nitrogens with zero attached hydrogens (tertiary/aromatic N) is 1. The molecule has 0 bridgehead atoms. The Morgan fingerprint density at radius 2 is 2.06 bits per heavy atom. The summed E-state index contributed by atoms with van der Waals surface area (Å²) in [6.45, 7) is 0.815. The van der Waals surface area contributed by atoms with Gasteiger partial charge in [0.1, 0.15) is 5.82 Å². The summed E-state index contributed by atoms with van der Waals surface area (Å²) in [5, 5.41) is 6.08. The molecule has 0 radical (unpaired) electrons. The number of thioether (sulfide) groups is 1. The van der Waals surface area contributed by atoms with Gasteiger partial charge in [0.25, 0.3) is 0 Å². The van der Waals surface area contributed by atoms with Gasteiger partial charge in [0.05, 0.1) is 0 Å². The molecular weight excluding hydrogens is 225 g/mol. The quantitative estimate of drug-likeness (QED) is 0.365. The van der Waals surface area contributed by atoms with Crippen molar-refractivity contribution in [2.24, 2.45) is 4.99 Å². The first-order valence-corrected chi connectivity index (χ1v) is 6.01. The lowest BCUT2D eigenvalue weighted by Crippen LogP contribution is -2.35. The molecule has 2 N–H and O–H groups in total. The van der Waals surface area contributed by atoms with E-state index in [1.807, 2.05) is 7.05 Å². The molecule has 0 saturated carbocycles. The molecule has 1 aromatic carbocycles. The number of aliphatic imine (C=N–C) groups is 1. The molecule has 1 rings (SSSR count). The van der Waals surface area contributed by atoms with E-state index in [0.29, 0.717) is 0 Å². The molecule has 1 aromatic rings. The second-order valence-electron chi connectivity index (χ2n) is 3.05. The number of benzene rings is 1. The van der Waals surface area contributed by atoms with Crippen LogP contribution in [0.3, 0.4) is 0 Å². The van der Waals surface area contributed by atoms with Crippen molar-refractivity contribution in [2.75, 3.05) is 26.4 Å². The van der Waals surface area contributed by atoms with Gasteiger partial charge in [-0.3, -0.25) is 4.99 Å². The molecule has 5 heteroatoms. The van der Waals surface area contributed by atoms with Crippen molar-refractivity contribution in [1.29, 1.82) is 0 Å². The zero-order valence-electron chi connectivity index (χ0n) is 9.46. The molecule has 16 heavy (non-hydrogen) atoms. The molecule has 0 aliphatic heterocycles. The third-order valence-electron chi connectivity index (χ3n) is 1.94. The molecule has 0 atom stereocenters. The van der Waals surface area contributed by atoms with Crippen molar-refractivity contribution in [3.63, 3.8) is 0 Å². The summed E-state index contributed by atoms with van der Waals surface area (Å²) in [5.41, 5.74) is 0. The highest BCUT2D eigenvalue weighted by molar-refractivity contribution is 7.99. The molecule has 0 saturated heterocycles. The summed E-state index contributed by atoms with van der Waals surface area (Å²) >= 11 is 1.68. The number of guanidine groups is 1. The minimum Gasteiger partial charge on any atom is -0.359 e. The van der Waals surface area contributed by atoms with Gasteiger partial charge in [0.15, 0.2) is 5.96 Å². The van der Waals surface area contributed by atoms with E-state index in [-0.39, 0.29) is 5.82 Å². The largest absolute Gasteiger partial charge is 0.359 e. The van der Waals surface area contributed by atoms with Crippen LogP contribution in [0, 0.1) is 5.82 Å². The van der Waals surface area contributed by atoms with Crippen LogP contribution in [0.15, 0.2) is 34.2 Å². The Morgan fingerprint density at radius 3 is 2.62 bits per heavy atom. The van der Waals surface area contributed by atoms with Crippen molar-refractivity contribution >= 4 is 17.7 Å². The van der Waals surface area contributed by atoms with Gasteiger partial charge in [-0.1, -0.05) is 0 Å². The van der Waals surface area contributed by atoms with Gasteiger partial charge in [-0.25, -0.2) is 4.39 Å². The molecule has 0 aliphatic rings. The third-order valence-corrected chi connectivity index (χ3v) is 2.95. The average Bonchev–Trinajstić information content (AvgIpc) is 2.32. The number of halogens is 1. The summed E-state index contributed by atoms with van der Waals surface area (Å²) in [6.07, 6.45) is 0. The number of hydrogen-bond donors (Lipinski definition) is 2. The van der Waals surface area contributed by atoms with Crippen LogP contribution in [0.4, 0.5) is 4.39 Å². The van der Waals surface area contributed by atoms with E-state index in [9.17, 15) is 4.39 Å². The molecule has 0 amide bonds. The van der Waals surface area contributed by atoms with E-state index in [2.05, 4.69) is 15.6 Å². The van der Waals surface area contributed by atoms with Gasteiger partial charge in [-0.15, -0.1) is 11.8 Å². The van der Waals surface area contributed by atoms with Gasteiger partial charge in [0, 0.05) is 31.3 Å². The molecule has 0 aromatic heterocycles. The van der Waals surface area contributed by atoms with Crippen LogP contribution in [0.1, 0.15) is 0 Å². The Morgan fingerprint density at radius 1 is 1.38 bits per heavy atom. The van der Waals surface area contributed by atoms with Gasteiger partial charge >= 0.3 is 0 Å². The maximum atomic E-state index is 12.6. The summed E-state index contributed by atoms with van der Waals surface area (Å²) < 4.78 is 12.6. The summed E-state index contributed by atoms with van der Waals surface area (Å²) in [7, 11) is 3.55. The molecule has 0 unspecified atom stereocenters. The average molecular weight is 241 g/mol. The van der Waals surface area contributed by atoms with Gasteiger partial charge in [0.2, 0.25) is 0 Å². The lowest BCUT2D eigenvalue weighted by molar-refractivity contribution is 0.626. The highest BCUT2D eigenvalue weighted by atomic mass is 32.2. The van der Waals surface area contributed by atoms with Crippen molar-refractivity contribution in [2.45, 2.75) is 4.90 Å². The van der Waals surface area contributed by atoms with Crippen LogP contribution >= 0.6 is 11.8 Å². The van der Waals surface area contributed by atoms with Crippen LogP contribution in [-0.2, 0) is 0 Å². The standard InChI is InChI=1S/C11H16FN3S/c1-13-11(14-2)15-7-8-16-10-5-3-9(12)4-6-10/h3-6H,7-8H2,1-2H3,(H2,13,14,15). The predicted octanol–water partition coefficient (Wildman–Crippen LogP) is 1.71. The van der Waals surface area contributed by atoms with Gasteiger partial charge in [-0.2, -0.15) is 0 Å². The molecule has 88 valence electrons. The van der Waals surface area contributed by atoms with Crippen LogP contribution < -0.4 is 10.6 Å². The lowest BCUT2D eigenvalue weighted by atomic mass is 10.4. The summed E-state index contributed by atoms with van der Waals surface area (Å²) in [6, 6.07) is 6.52. The monoisotopic (exact) mass is 241 g/mol. The molecule has 3 nitrogen and oxygen atoms in total. The molecular formula is C11H16FN3S. The van der Waals surface area contributed by atoms with Crippen LogP contribution in [0.25, 0.3) is 0 Å². The van der Waals surface area contributed by atoms with E-state index < -0.39 is 0 Å². The highest BCUT2D eigenvalue weighted by Gasteiger charge is 1.96. The van der Waals surface area contributed by atoms with E-state index in [4.69, 9.17) is 0 Å². The Balaban J connectivity index is 2.23. The first-order chi connectivity index (χ1) is 7.76. The fourth-order valence-corrected chi connectivity index (χ4v) is 1.92.